The number of hydrogen-bond acceptors (Lipinski definition) is 5. The van der Waals surface area contributed by atoms with E-state index < -0.39 is 0 Å². The van der Waals surface area contributed by atoms with E-state index in [1.54, 1.807) is 0 Å². The zero-order valence-electron chi connectivity index (χ0n) is 16.3. The third kappa shape index (κ3) is 4.14. The van der Waals surface area contributed by atoms with Gasteiger partial charge in [-0.3, -0.25) is 4.79 Å². The lowest BCUT2D eigenvalue weighted by Gasteiger charge is -2.32. The highest BCUT2D eigenvalue weighted by molar-refractivity contribution is 5.79. The van der Waals surface area contributed by atoms with Crippen molar-refractivity contribution in [2.24, 2.45) is 11.8 Å². The molecule has 1 saturated heterocycles. The Morgan fingerprint density at radius 1 is 1.27 bits per heavy atom. The van der Waals surface area contributed by atoms with E-state index >= 15 is 0 Å². The summed E-state index contributed by atoms with van der Waals surface area (Å²) in [6.45, 7) is 10.9. The van der Waals surface area contributed by atoms with Gasteiger partial charge in [0.2, 0.25) is 5.91 Å². The van der Waals surface area contributed by atoms with E-state index in [1.165, 1.54) is 0 Å². The zero-order valence-corrected chi connectivity index (χ0v) is 16.3. The molecule has 142 valence electrons. The van der Waals surface area contributed by atoms with Crippen LogP contribution >= 0.6 is 0 Å². The normalized spacial score (nSPS) is 18.1. The first kappa shape index (κ1) is 18.6. The minimum Gasteiger partial charge on any atom is -0.356 e. The van der Waals surface area contributed by atoms with Gasteiger partial charge in [-0.15, -0.1) is 15.3 Å². The maximum absolute atomic E-state index is 12.5. The first-order valence-electron chi connectivity index (χ1n) is 9.70. The van der Waals surface area contributed by atoms with Crippen LogP contribution in [0.1, 0.15) is 58.7 Å². The highest BCUT2D eigenvalue weighted by atomic mass is 16.1. The summed E-state index contributed by atoms with van der Waals surface area (Å²) in [5, 5.41) is 16.3. The average molecular weight is 358 g/mol. The van der Waals surface area contributed by atoms with Crippen molar-refractivity contribution >= 4 is 17.4 Å². The quantitative estimate of drug-likeness (QED) is 0.859. The van der Waals surface area contributed by atoms with Gasteiger partial charge < -0.3 is 10.2 Å². The van der Waals surface area contributed by atoms with E-state index in [1.807, 2.05) is 16.6 Å². The van der Waals surface area contributed by atoms with Gasteiger partial charge in [0.15, 0.2) is 11.5 Å². The minimum absolute atomic E-state index is 0.0268. The Bertz CT molecular complexity index is 754. The molecular weight excluding hydrogens is 328 g/mol. The minimum atomic E-state index is 0.0268. The Morgan fingerprint density at radius 3 is 2.81 bits per heavy atom. The van der Waals surface area contributed by atoms with Crippen molar-refractivity contribution in [3.05, 3.63) is 18.0 Å². The topological polar surface area (TPSA) is 75.4 Å². The molecular formula is C19H30N6O. The van der Waals surface area contributed by atoms with Crippen molar-refractivity contribution in [1.29, 1.82) is 0 Å². The molecule has 26 heavy (non-hydrogen) atoms. The van der Waals surface area contributed by atoms with E-state index in [2.05, 4.69) is 48.1 Å². The average Bonchev–Trinajstić information content (AvgIpc) is 3.04. The Labute approximate surface area is 155 Å². The number of fused-ring (bicyclic) bond motifs is 1. The molecule has 0 aromatic carbocycles. The molecule has 1 aliphatic heterocycles. The van der Waals surface area contributed by atoms with Gasteiger partial charge in [0.1, 0.15) is 5.82 Å². The molecule has 0 aliphatic carbocycles. The number of anilines is 1. The van der Waals surface area contributed by atoms with Gasteiger partial charge in [-0.05, 0) is 37.3 Å². The van der Waals surface area contributed by atoms with E-state index in [9.17, 15) is 4.79 Å². The maximum atomic E-state index is 12.5. The predicted molar refractivity (Wildman–Crippen MR) is 102 cm³/mol. The van der Waals surface area contributed by atoms with Gasteiger partial charge in [-0.25, -0.2) is 0 Å². The van der Waals surface area contributed by atoms with Crippen molar-refractivity contribution in [3.63, 3.8) is 0 Å². The highest BCUT2D eigenvalue weighted by Crippen LogP contribution is 2.23. The number of amides is 1. The molecule has 0 saturated carbocycles. The lowest BCUT2D eigenvalue weighted by Crippen LogP contribution is -2.43. The van der Waals surface area contributed by atoms with Gasteiger partial charge in [0, 0.05) is 25.6 Å². The lowest BCUT2D eigenvalue weighted by molar-refractivity contribution is -0.125. The third-order valence-electron chi connectivity index (χ3n) is 4.93. The number of piperidine rings is 1. The van der Waals surface area contributed by atoms with Crippen molar-refractivity contribution in [2.75, 3.05) is 24.5 Å². The summed E-state index contributed by atoms with van der Waals surface area (Å²) >= 11 is 0. The predicted octanol–water partition coefficient (Wildman–Crippen LogP) is 2.63. The zero-order chi connectivity index (χ0) is 18.7. The molecule has 1 atom stereocenters. The highest BCUT2D eigenvalue weighted by Gasteiger charge is 2.27. The number of carbonyl (C=O) groups is 1. The molecule has 0 bridgehead atoms. The molecule has 2 aromatic heterocycles. The van der Waals surface area contributed by atoms with E-state index in [0.717, 1.165) is 49.6 Å². The summed E-state index contributed by atoms with van der Waals surface area (Å²) in [6, 6.07) is 3.93. The molecule has 7 heteroatoms. The monoisotopic (exact) mass is 358 g/mol. The first-order valence-corrected chi connectivity index (χ1v) is 9.70. The molecule has 0 spiro atoms. The molecule has 0 radical (unpaired) electrons. The number of aromatic nitrogens is 4. The van der Waals surface area contributed by atoms with Crippen molar-refractivity contribution < 1.29 is 4.79 Å². The molecule has 1 amide bonds. The number of hydrogen-bond donors (Lipinski definition) is 1. The number of nitrogens with one attached hydrogen (secondary N) is 1. The third-order valence-corrected chi connectivity index (χ3v) is 4.93. The van der Waals surface area contributed by atoms with E-state index in [0.29, 0.717) is 12.5 Å². The van der Waals surface area contributed by atoms with Crippen LogP contribution in [-0.4, -0.2) is 45.4 Å². The number of carbonyl (C=O) groups excluding carboxylic acids is 1. The van der Waals surface area contributed by atoms with Crippen molar-refractivity contribution in [3.8, 4) is 0 Å². The Morgan fingerprint density at radius 2 is 2.08 bits per heavy atom. The summed E-state index contributed by atoms with van der Waals surface area (Å²) in [4.78, 5) is 14.7. The van der Waals surface area contributed by atoms with Gasteiger partial charge in [-0.2, -0.15) is 4.52 Å². The van der Waals surface area contributed by atoms with Gasteiger partial charge in [0.25, 0.3) is 0 Å². The molecule has 0 unspecified atom stereocenters. The Hall–Kier alpha value is -2.18. The molecule has 1 fully saturated rings. The smallest absolute Gasteiger partial charge is 0.224 e. The van der Waals surface area contributed by atoms with Crippen LogP contribution in [0.3, 0.4) is 0 Å². The van der Waals surface area contributed by atoms with Crippen LogP contribution in [0.4, 0.5) is 5.82 Å². The fraction of sp³-hybridized carbons (Fsp3) is 0.684. The molecule has 3 heterocycles. The summed E-state index contributed by atoms with van der Waals surface area (Å²) < 4.78 is 1.83. The summed E-state index contributed by atoms with van der Waals surface area (Å²) in [5.74, 6) is 2.81. The van der Waals surface area contributed by atoms with Crippen LogP contribution in [0, 0.1) is 11.8 Å². The Balaban J connectivity index is 1.70. The van der Waals surface area contributed by atoms with Gasteiger partial charge >= 0.3 is 0 Å². The van der Waals surface area contributed by atoms with Crippen LogP contribution in [0.25, 0.3) is 5.65 Å². The maximum Gasteiger partial charge on any atom is 0.224 e. The Kier molecular flexibility index (Phi) is 5.74. The molecule has 1 aliphatic rings. The largest absolute Gasteiger partial charge is 0.356 e. The van der Waals surface area contributed by atoms with Gasteiger partial charge in [0.05, 0.1) is 5.92 Å². The van der Waals surface area contributed by atoms with E-state index in [-0.39, 0.29) is 17.7 Å². The molecule has 2 aromatic rings. The number of rotatable bonds is 6. The summed E-state index contributed by atoms with van der Waals surface area (Å²) in [6.07, 6.45) is 2.96. The van der Waals surface area contributed by atoms with Crippen LogP contribution in [0.2, 0.25) is 0 Å². The standard InChI is InChI=1S/C19H30N6O/c1-13(2)9-10-20-19(26)15-6-5-11-24(12-15)17-8-7-16-21-22-18(14(3)4)25(16)23-17/h7-8,13-15H,5-6,9-12H2,1-4H3,(H,20,26)/t15-/m1/s1. The number of nitrogens with zero attached hydrogens (tertiary/aromatic N) is 5. The van der Waals surface area contributed by atoms with Crippen molar-refractivity contribution in [2.45, 2.75) is 52.9 Å². The second-order valence-electron chi connectivity index (χ2n) is 7.93. The molecule has 3 rings (SSSR count). The SMILES string of the molecule is CC(C)CCNC(=O)[C@@H]1CCCN(c2ccc3nnc(C(C)C)n3n2)C1. The van der Waals surface area contributed by atoms with Crippen LogP contribution in [-0.2, 0) is 4.79 Å². The van der Waals surface area contributed by atoms with E-state index in [4.69, 9.17) is 5.10 Å². The summed E-state index contributed by atoms with van der Waals surface area (Å²) in [7, 11) is 0. The van der Waals surface area contributed by atoms with Crippen molar-refractivity contribution in [1.82, 2.24) is 25.1 Å². The molecule has 1 N–H and O–H groups in total. The second kappa shape index (κ2) is 8.01. The molecule has 7 nitrogen and oxygen atoms in total. The summed E-state index contributed by atoms with van der Waals surface area (Å²) in [5.41, 5.74) is 0.762. The van der Waals surface area contributed by atoms with Crippen LogP contribution < -0.4 is 10.2 Å². The van der Waals surface area contributed by atoms with Gasteiger partial charge in [-0.1, -0.05) is 27.7 Å². The first-order chi connectivity index (χ1) is 12.5. The fourth-order valence-corrected chi connectivity index (χ4v) is 3.35. The fourth-order valence-electron chi connectivity index (χ4n) is 3.35. The second-order valence-corrected chi connectivity index (χ2v) is 7.93. The van der Waals surface area contributed by atoms with Crippen LogP contribution in [0.15, 0.2) is 12.1 Å². The van der Waals surface area contributed by atoms with Crippen LogP contribution in [0.5, 0.6) is 0 Å². The lowest BCUT2D eigenvalue weighted by atomic mass is 9.97.